The highest BCUT2D eigenvalue weighted by molar-refractivity contribution is 9.09. The summed E-state index contributed by atoms with van der Waals surface area (Å²) in [6.45, 7) is 6.21. The Bertz CT molecular complexity index is 537. The number of ether oxygens (including phenoxy) is 2. The zero-order chi connectivity index (χ0) is 20.2. The number of nitrogens with zero attached hydrogens (tertiary/aromatic N) is 1. The highest BCUT2D eigenvalue weighted by Gasteiger charge is 2.49. The average Bonchev–Trinajstić information content (AvgIpc) is 3.00. The topological polar surface area (TPSA) is 93.9 Å². The van der Waals surface area contributed by atoms with Gasteiger partial charge in [0.15, 0.2) is 0 Å². The number of alkyl halides is 2. The monoisotopic (exact) mass is 451 g/mol. The van der Waals surface area contributed by atoms with Crippen molar-refractivity contribution in [1.82, 2.24) is 10.2 Å². The lowest BCUT2D eigenvalue weighted by atomic mass is 9.74. The molecule has 0 bridgehead atoms. The lowest BCUT2D eigenvalue weighted by Gasteiger charge is -2.43. The average molecular weight is 452 g/mol. The van der Waals surface area contributed by atoms with Gasteiger partial charge in [-0.05, 0) is 40.0 Å². The second-order valence-corrected chi connectivity index (χ2v) is 8.87. The van der Waals surface area contributed by atoms with Gasteiger partial charge in [-0.25, -0.2) is 4.39 Å². The van der Waals surface area contributed by atoms with Gasteiger partial charge in [0.05, 0.1) is 13.2 Å². The third-order valence-electron chi connectivity index (χ3n) is 5.38. The van der Waals surface area contributed by atoms with E-state index in [0.717, 1.165) is 6.42 Å². The molecule has 0 amide bonds. The van der Waals surface area contributed by atoms with E-state index in [-0.39, 0.29) is 37.2 Å². The molecule has 1 saturated carbocycles. The van der Waals surface area contributed by atoms with Crippen molar-refractivity contribution in [2.45, 2.75) is 68.7 Å². The van der Waals surface area contributed by atoms with Crippen molar-refractivity contribution < 1.29 is 23.5 Å². The first-order valence-corrected chi connectivity index (χ1v) is 10.5. The molecule has 0 aromatic heterocycles. The number of hydrogen-bond acceptors (Lipinski definition) is 7. The van der Waals surface area contributed by atoms with Gasteiger partial charge in [0.1, 0.15) is 18.3 Å². The minimum atomic E-state index is -0.980. The van der Waals surface area contributed by atoms with Crippen LogP contribution < -0.4 is 11.1 Å². The smallest absolute Gasteiger partial charge is 0.325 e. The van der Waals surface area contributed by atoms with Crippen LogP contribution >= 0.6 is 15.9 Å². The van der Waals surface area contributed by atoms with Crippen LogP contribution in [0.15, 0.2) is 0 Å². The summed E-state index contributed by atoms with van der Waals surface area (Å²) in [6, 6.07) is -1.66. The fraction of sp³-hybridized carbons (Fsp3) is 0.889. The molecule has 7 nitrogen and oxygen atoms in total. The molecule has 1 saturated heterocycles. The molecule has 27 heavy (non-hydrogen) atoms. The van der Waals surface area contributed by atoms with Gasteiger partial charge in [-0.1, -0.05) is 15.9 Å². The van der Waals surface area contributed by atoms with Gasteiger partial charge in [0, 0.05) is 29.5 Å². The zero-order valence-electron chi connectivity index (χ0n) is 16.2. The van der Waals surface area contributed by atoms with Crippen LogP contribution in [0.1, 0.15) is 40.0 Å². The second kappa shape index (κ2) is 9.62. The van der Waals surface area contributed by atoms with Gasteiger partial charge in [-0.15, -0.1) is 0 Å². The van der Waals surface area contributed by atoms with Crippen LogP contribution in [-0.4, -0.2) is 71.9 Å². The fourth-order valence-corrected chi connectivity index (χ4v) is 4.73. The molecule has 6 atom stereocenters. The maximum atomic E-state index is 14.6. The fourth-order valence-electron chi connectivity index (χ4n) is 4.07. The van der Waals surface area contributed by atoms with E-state index in [9.17, 15) is 14.0 Å². The maximum absolute atomic E-state index is 14.6. The summed E-state index contributed by atoms with van der Waals surface area (Å²) < 4.78 is 24.8. The first-order valence-electron chi connectivity index (χ1n) is 9.59. The normalized spacial score (nSPS) is 34.1. The summed E-state index contributed by atoms with van der Waals surface area (Å²) >= 11 is 3.58. The van der Waals surface area contributed by atoms with E-state index in [1.807, 2.05) is 6.92 Å². The van der Waals surface area contributed by atoms with E-state index in [1.54, 1.807) is 18.7 Å². The van der Waals surface area contributed by atoms with Crippen LogP contribution in [0.25, 0.3) is 0 Å². The molecule has 9 heteroatoms. The van der Waals surface area contributed by atoms with Crippen molar-refractivity contribution in [2.75, 3.05) is 26.4 Å². The minimum Gasteiger partial charge on any atom is -0.465 e. The van der Waals surface area contributed by atoms with Crippen LogP contribution in [0.3, 0.4) is 0 Å². The van der Waals surface area contributed by atoms with E-state index < -0.39 is 35.7 Å². The van der Waals surface area contributed by atoms with E-state index in [2.05, 4.69) is 21.2 Å². The van der Waals surface area contributed by atoms with E-state index >= 15 is 0 Å². The Morgan fingerprint density at radius 3 is 2.52 bits per heavy atom. The van der Waals surface area contributed by atoms with E-state index in [0.29, 0.717) is 12.8 Å². The van der Waals surface area contributed by atoms with Crippen LogP contribution in [0.4, 0.5) is 4.39 Å². The second-order valence-electron chi connectivity index (χ2n) is 7.57. The van der Waals surface area contributed by atoms with Gasteiger partial charge in [-0.2, -0.15) is 0 Å². The lowest BCUT2D eigenvalue weighted by molar-refractivity contribution is -0.156. The molecular weight excluding hydrogens is 421 g/mol. The van der Waals surface area contributed by atoms with Crippen molar-refractivity contribution in [3.8, 4) is 0 Å². The van der Waals surface area contributed by atoms with E-state index in [4.69, 9.17) is 15.2 Å². The molecule has 2 fully saturated rings. The molecular formula is C18H31BrFN3O4. The Morgan fingerprint density at radius 1 is 1.26 bits per heavy atom. The first-order chi connectivity index (χ1) is 12.7. The highest BCUT2D eigenvalue weighted by Crippen LogP contribution is 2.37. The first kappa shape index (κ1) is 22.5. The van der Waals surface area contributed by atoms with Crippen LogP contribution in [0.2, 0.25) is 0 Å². The standard InChI is InChI=1S/C18H31BrFN3O4/c1-4-26-16(24)14-15(17(25)27-5-2)23(10-22-14)9-18(3,21)12-8-11(19)6-7-13(12)20/h11-15,22H,4-10,21H2,1-3H3/t11?,12?,13?,14?,15?,18-/m0/s1. The largest absolute Gasteiger partial charge is 0.465 e. The molecule has 1 heterocycles. The Balaban J connectivity index is 2.16. The molecule has 0 aromatic carbocycles. The van der Waals surface area contributed by atoms with Crippen LogP contribution in [-0.2, 0) is 19.1 Å². The number of hydrogen-bond donors (Lipinski definition) is 2. The molecule has 0 spiro atoms. The summed E-state index contributed by atoms with van der Waals surface area (Å²) in [5.41, 5.74) is 5.68. The minimum absolute atomic E-state index is 0.207. The quantitative estimate of drug-likeness (QED) is 0.445. The van der Waals surface area contributed by atoms with Crippen molar-refractivity contribution >= 4 is 27.9 Å². The number of nitrogens with two attached hydrogens (primary N) is 1. The predicted octanol–water partition coefficient (Wildman–Crippen LogP) is 1.33. The molecule has 156 valence electrons. The summed E-state index contributed by atoms with van der Waals surface area (Å²) in [7, 11) is 0. The number of rotatable bonds is 7. The summed E-state index contributed by atoms with van der Waals surface area (Å²) in [5.74, 6) is -1.34. The Labute approximate surface area is 168 Å². The Kier molecular flexibility index (Phi) is 8.03. The van der Waals surface area contributed by atoms with Crippen LogP contribution in [0, 0.1) is 5.92 Å². The van der Waals surface area contributed by atoms with Crippen LogP contribution in [0.5, 0.6) is 0 Å². The van der Waals surface area contributed by atoms with Gasteiger partial charge in [0.2, 0.25) is 0 Å². The summed E-state index contributed by atoms with van der Waals surface area (Å²) in [4.78, 5) is 26.8. The summed E-state index contributed by atoms with van der Waals surface area (Å²) in [5, 5.41) is 3.02. The predicted molar refractivity (Wildman–Crippen MR) is 103 cm³/mol. The van der Waals surface area contributed by atoms with Gasteiger partial charge in [0.25, 0.3) is 0 Å². The van der Waals surface area contributed by atoms with Gasteiger partial charge >= 0.3 is 11.9 Å². The molecule has 1 aliphatic carbocycles. The van der Waals surface area contributed by atoms with Gasteiger partial charge < -0.3 is 15.2 Å². The molecule has 2 rings (SSSR count). The zero-order valence-corrected chi connectivity index (χ0v) is 17.8. The number of halogens is 2. The molecule has 2 aliphatic rings. The molecule has 1 aliphatic heterocycles. The third-order valence-corrected chi connectivity index (χ3v) is 6.22. The molecule has 3 N–H and O–H groups in total. The lowest BCUT2D eigenvalue weighted by Crippen LogP contribution is -2.59. The number of carbonyl (C=O) groups excluding carboxylic acids is 2. The maximum Gasteiger partial charge on any atom is 0.325 e. The SMILES string of the molecule is CCOC(=O)C1NCN(C[C@](C)(N)C2CC(Br)CCC2F)C1C(=O)OCC. The highest BCUT2D eigenvalue weighted by atomic mass is 79.9. The molecule has 0 radical (unpaired) electrons. The molecule has 5 unspecified atom stereocenters. The van der Waals surface area contributed by atoms with Crippen molar-refractivity contribution in [3.05, 3.63) is 0 Å². The number of esters is 2. The molecule has 0 aromatic rings. The number of nitrogens with one attached hydrogen (secondary N) is 1. The van der Waals surface area contributed by atoms with Crippen molar-refractivity contribution in [1.29, 1.82) is 0 Å². The Morgan fingerprint density at radius 2 is 1.89 bits per heavy atom. The third kappa shape index (κ3) is 5.40. The van der Waals surface area contributed by atoms with Gasteiger partial charge in [-0.3, -0.25) is 19.8 Å². The van der Waals surface area contributed by atoms with Crippen molar-refractivity contribution in [3.63, 3.8) is 0 Å². The summed E-state index contributed by atoms with van der Waals surface area (Å²) in [6.07, 6.45) is 0.917. The Hall–Kier alpha value is -0.770. The number of carbonyl (C=O) groups is 2. The van der Waals surface area contributed by atoms with Crippen molar-refractivity contribution in [2.24, 2.45) is 11.7 Å². The van der Waals surface area contributed by atoms with E-state index in [1.165, 1.54) is 0 Å².